The fourth-order valence-corrected chi connectivity index (χ4v) is 3.06. The van der Waals surface area contributed by atoms with E-state index in [1.807, 2.05) is 30.5 Å². The summed E-state index contributed by atoms with van der Waals surface area (Å²) in [6.45, 7) is 0. The summed E-state index contributed by atoms with van der Waals surface area (Å²) in [7, 11) is 0. The molecule has 0 aliphatic heterocycles. The minimum Gasteiger partial charge on any atom is -0.368 e. The molecule has 0 unspecified atom stereocenters. The molecule has 3 rings (SSSR count). The summed E-state index contributed by atoms with van der Waals surface area (Å²) < 4.78 is 0. The highest BCUT2D eigenvalue weighted by molar-refractivity contribution is 7.98. The number of amides is 2. The number of hydrogen-bond donors (Lipinski definition) is 4. The van der Waals surface area contributed by atoms with Gasteiger partial charge in [-0.05, 0) is 42.9 Å². The van der Waals surface area contributed by atoms with Crippen molar-refractivity contribution in [2.75, 3.05) is 16.9 Å². The van der Waals surface area contributed by atoms with Gasteiger partial charge in [0.1, 0.15) is 11.9 Å². The molecule has 1 fully saturated rings. The quantitative estimate of drug-likeness (QED) is 0.484. The molecule has 1 heterocycles. The van der Waals surface area contributed by atoms with Crippen molar-refractivity contribution in [2.24, 2.45) is 17.4 Å². The Labute approximate surface area is 161 Å². The topological polar surface area (TPSA) is 136 Å². The van der Waals surface area contributed by atoms with Crippen LogP contribution >= 0.6 is 11.8 Å². The van der Waals surface area contributed by atoms with Gasteiger partial charge in [-0.3, -0.25) is 9.59 Å². The summed E-state index contributed by atoms with van der Waals surface area (Å²) in [5, 5.41) is 6.08. The summed E-state index contributed by atoms with van der Waals surface area (Å²) in [4.78, 5) is 33.0. The van der Waals surface area contributed by atoms with E-state index in [4.69, 9.17) is 11.5 Å². The highest BCUT2D eigenvalue weighted by atomic mass is 32.2. The predicted molar refractivity (Wildman–Crippen MR) is 106 cm³/mol. The number of nitrogens with two attached hydrogens (primary N) is 2. The lowest BCUT2D eigenvalue weighted by atomic mass is 10.1. The molecule has 27 heavy (non-hydrogen) atoms. The minimum absolute atomic E-state index is 0.0207. The zero-order valence-electron chi connectivity index (χ0n) is 14.9. The largest absolute Gasteiger partial charge is 0.368 e. The van der Waals surface area contributed by atoms with Gasteiger partial charge in [0.25, 0.3) is 5.91 Å². The second-order valence-electron chi connectivity index (χ2n) is 6.45. The molecule has 0 spiro atoms. The number of carbonyl (C=O) groups is 2. The number of primary amides is 2. The average Bonchev–Trinajstić information content (AvgIpc) is 3.46. The van der Waals surface area contributed by atoms with E-state index in [1.54, 1.807) is 11.8 Å². The SMILES string of the molecule is CSc1ccc(Nc2nc(N[C@H](CC3CC3)C(N)=O)cnc2C(N)=O)cc1. The predicted octanol–water partition coefficient (Wildman–Crippen LogP) is 2.11. The Balaban J connectivity index is 1.82. The Hall–Kier alpha value is -2.81. The van der Waals surface area contributed by atoms with Gasteiger partial charge in [-0.15, -0.1) is 11.8 Å². The number of rotatable bonds is 9. The summed E-state index contributed by atoms with van der Waals surface area (Å²) in [6, 6.07) is 7.12. The van der Waals surface area contributed by atoms with E-state index in [0.717, 1.165) is 23.4 Å². The first-order valence-corrected chi connectivity index (χ1v) is 9.82. The summed E-state index contributed by atoms with van der Waals surface area (Å²) >= 11 is 1.63. The molecule has 142 valence electrons. The van der Waals surface area contributed by atoms with E-state index >= 15 is 0 Å². The molecule has 0 radical (unpaired) electrons. The van der Waals surface area contributed by atoms with Crippen molar-refractivity contribution in [3.05, 3.63) is 36.2 Å². The lowest BCUT2D eigenvalue weighted by Gasteiger charge is -2.17. The molecule has 0 bridgehead atoms. The second-order valence-corrected chi connectivity index (χ2v) is 7.33. The average molecular weight is 386 g/mol. The van der Waals surface area contributed by atoms with Crippen molar-refractivity contribution >= 4 is 40.9 Å². The molecule has 8 nitrogen and oxygen atoms in total. The van der Waals surface area contributed by atoms with E-state index in [-0.39, 0.29) is 11.5 Å². The summed E-state index contributed by atoms with van der Waals surface area (Å²) in [5.74, 6) is -0.0429. The Kier molecular flexibility index (Phi) is 5.80. The number of nitrogens with zero attached hydrogens (tertiary/aromatic N) is 2. The fourth-order valence-electron chi connectivity index (χ4n) is 2.65. The van der Waals surface area contributed by atoms with Gasteiger partial charge in [0.15, 0.2) is 11.5 Å². The molecule has 2 aromatic rings. The van der Waals surface area contributed by atoms with Crippen molar-refractivity contribution < 1.29 is 9.59 Å². The normalized spacial score (nSPS) is 14.4. The van der Waals surface area contributed by atoms with Crippen molar-refractivity contribution in [3.63, 3.8) is 0 Å². The zero-order chi connectivity index (χ0) is 19.4. The maximum atomic E-state index is 11.7. The van der Waals surface area contributed by atoms with Crippen molar-refractivity contribution in [3.8, 4) is 0 Å². The molecule has 1 saturated carbocycles. The van der Waals surface area contributed by atoms with Gasteiger partial charge in [0.2, 0.25) is 5.91 Å². The van der Waals surface area contributed by atoms with Crippen LogP contribution in [0, 0.1) is 5.92 Å². The lowest BCUT2D eigenvalue weighted by Crippen LogP contribution is -2.36. The second kappa shape index (κ2) is 8.26. The monoisotopic (exact) mass is 386 g/mol. The minimum atomic E-state index is -0.693. The Morgan fingerprint density at radius 3 is 2.52 bits per heavy atom. The van der Waals surface area contributed by atoms with Crippen molar-refractivity contribution in [1.29, 1.82) is 0 Å². The third-order valence-electron chi connectivity index (χ3n) is 4.29. The molecule has 0 saturated heterocycles. The maximum absolute atomic E-state index is 11.7. The van der Waals surface area contributed by atoms with Crippen LogP contribution in [0.4, 0.5) is 17.3 Å². The zero-order valence-corrected chi connectivity index (χ0v) is 15.8. The molecule has 1 aromatic carbocycles. The van der Waals surface area contributed by atoms with Crippen LogP contribution in [0.3, 0.4) is 0 Å². The number of thioether (sulfide) groups is 1. The van der Waals surface area contributed by atoms with Crippen LogP contribution in [-0.2, 0) is 4.79 Å². The first-order valence-electron chi connectivity index (χ1n) is 8.60. The van der Waals surface area contributed by atoms with Crippen molar-refractivity contribution in [2.45, 2.75) is 30.2 Å². The molecule has 6 N–H and O–H groups in total. The molecule has 1 atom stereocenters. The molecule has 1 aliphatic rings. The van der Waals surface area contributed by atoms with Crippen LogP contribution in [0.1, 0.15) is 29.8 Å². The van der Waals surface area contributed by atoms with E-state index < -0.39 is 17.9 Å². The van der Waals surface area contributed by atoms with Gasteiger partial charge < -0.3 is 22.1 Å². The van der Waals surface area contributed by atoms with Crippen LogP contribution in [0.5, 0.6) is 0 Å². The van der Waals surface area contributed by atoms with Gasteiger partial charge >= 0.3 is 0 Å². The van der Waals surface area contributed by atoms with Gasteiger partial charge in [0.05, 0.1) is 6.20 Å². The number of benzene rings is 1. The number of aromatic nitrogens is 2. The fraction of sp³-hybridized carbons (Fsp3) is 0.333. The molecule has 1 aliphatic carbocycles. The third kappa shape index (κ3) is 5.10. The van der Waals surface area contributed by atoms with E-state index in [2.05, 4.69) is 20.6 Å². The van der Waals surface area contributed by atoms with Gasteiger partial charge in [-0.1, -0.05) is 12.8 Å². The van der Waals surface area contributed by atoms with Gasteiger partial charge in [-0.2, -0.15) is 0 Å². The van der Waals surface area contributed by atoms with Crippen LogP contribution in [0.15, 0.2) is 35.4 Å². The first kappa shape index (κ1) is 19.0. The summed E-state index contributed by atoms with van der Waals surface area (Å²) in [5.41, 5.74) is 11.7. The maximum Gasteiger partial charge on any atom is 0.271 e. The highest BCUT2D eigenvalue weighted by Crippen LogP contribution is 2.34. The Morgan fingerprint density at radius 2 is 1.96 bits per heavy atom. The number of nitrogens with one attached hydrogen (secondary N) is 2. The van der Waals surface area contributed by atoms with Crippen LogP contribution in [0.25, 0.3) is 0 Å². The molecule has 1 aromatic heterocycles. The Bertz CT molecular complexity index is 838. The molecule has 2 amide bonds. The van der Waals surface area contributed by atoms with Gasteiger partial charge in [0, 0.05) is 10.6 Å². The highest BCUT2D eigenvalue weighted by Gasteiger charge is 2.28. The number of hydrogen-bond acceptors (Lipinski definition) is 7. The van der Waals surface area contributed by atoms with Crippen LogP contribution < -0.4 is 22.1 Å². The van der Waals surface area contributed by atoms with E-state index in [9.17, 15) is 9.59 Å². The Morgan fingerprint density at radius 1 is 1.26 bits per heavy atom. The van der Waals surface area contributed by atoms with Gasteiger partial charge in [-0.25, -0.2) is 9.97 Å². The van der Waals surface area contributed by atoms with E-state index in [0.29, 0.717) is 18.2 Å². The smallest absolute Gasteiger partial charge is 0.271 e. The number of carbonyl (C=O) groups excluding carboxylic acids is 2. The molecule has 9 heteroatoms. The lowest BCUT2D eigenvalue weighted by molar-refractivity contribution is -0.118. The molecular weight excluding hydrogens is 364 g/mol. The molecular formula is C18H22N6O2S. The first-order chi connectivity index (χ1) is 13.0. The van der Waals surface area contributed by atoms with Crippen LogP contribution in [-0.4, -0.2) is 34.1 Å². The van der Waals surface area contributed by atoms with E-state index in [1.165, 1.54) is 6.20 Å². The number of anilines is 3. The van der Waals surface area contributed by atoms with Crippen LogP contribution in [0.2, 0.25) is 0 Å². The van der Waals surface area contributed by atoms with Crippen molar-refractivity contribution in [1.82, 2.24) is 9.97 Å². The standard InChI is InChI=1S/C18H22N6O2S/c1-27-12-6-4-11(5-7-12)22-18-15(17(20)26)21-9-14(24-18)23-13(16(19)25)8-10-2-3-10/h4-7,9-10,13H,2-3,8H2,1H3,(H2,19,25)(H2,20,26)(H2,22,23,24)/t13-/m1/s1. The summed E-state index contributed by atoms with van der Waals surface area (Å²) in [6.07, 6.45) is 6.25. The third-order valence-corrected chi connectivity index (χ3v) is 5.03.